The van der Waals surface area contributed by atoms with Crippen LogP contribution in [0.4, 0.5) is 11.4 Å². The maximum atomic E-state index is 5.37. The SMILES string of the molecule is CNNC.Nc1ccc(N)cc1. The normalized spacial score (nSPS) is 8.50. The van der Waals surface area contributed by atoms with Crippen molar-refractivity contribution in [3.8, 4) is 0 Å². The van der Waals surface area contributed by atoms with Gasteiger partial charge in [0.1, 0.15) is 0 Å². The highest BCUT2D eigenvalue weighted by Gasteiger charge is 1.80. The second-order valence-electron chi connectivity index (χ2n) is 2.17. The van der Waals surface area contributed by atoms with Crippen LogP contribution in [0, 0.1) is 0 Å². The maximum Gasteiger partial charge on any atom is 0.0315 e. The van der Waals surface area contributed by atoms with Gasteiger partial charge in [0.15, 0.2) is 0 Å². The Kier molecular flexibility index (Phi) is 5.77. The van der Waals surface area contributed by atoms with Crippen LogP contribution in [0.1, 0.15) is 0 Å². The van der Waals surface area contributed by atoms with Crippen LogP contribution >= 0.6 is 0 Å². The molecule has 68 valence electrons. The summed E-state index contributed by atoms with van der Waals surface area (Å²) in [4.78, 5) is 0. The third-order valence-electron chi connectivity index (χ3n) is 1.19. The Balaban J connectivity index is 0.000000261. The number of hydrazine groups is 1. The molecular formula is C8H16N4. The molecular weight excluding hydrogens is 152 g/mol. The van der Waals surface area contributed by atoms with Crippen molar-refractivity contribution in [2.75, 3.05) is 25.6 Å². The van der Waals surface area contributed by atoms with Gasteiger partial charge in [-0.25, -0.2) is 0 Å². The molecule has 0 amide bonds. The fourth-order valence-electron chi connectivity index (χ4n) is 0.496. The smallest absolute Gasteiger partial charge is 0.0315 e. The van der Waals surface area contributed by atoms with Crippen LogP contribution in [0.3, 0.4) is 0 Å². The van der Waals surface area contributed by atoms with Crippen molar-refractivity contribution in [3.63, 3.8) is 0 Å². The van der Waals surface area contributed by atoms with Crippen molar-refractivity contribution in [3.05, 3.63) is 24.3 Å². The summed E-state index contributed by atoms with van der Waals surface area (Å²) in [5.41, 5.74) is 17.6. The lowest BCUT2D eigenvalue weighted by atomic mass is 10.3. The molecule has 0 aliphatic heterocycles. The quantitative estimate of drug-likeness (QED) is 0.357. The van der Waals surface area contributed by atoms with Gasteiger partial charge in [-0.3, -0.25) is 10.9 Å². The molecule has 1 aromatic rings. The minimum Gasteiger partial charge on any atom is -0.399 e. The summed E-state index contributed by atoms with van der Waals surface area (Å²) in [5, 5.41) is 0. The van der Waals surface area contributed by atoms with E-state index < -0.39 is 0 Å². The number of rotatable bonds is 1. The summed E-state index contributed by atoms with van der Waals surface area (Å²) in [6.45, 7) is 0. The van der Waals surface area contributed by atoms with E-state index in [1.807, 2.05) is 14.1 Å². The topological polar surface area (TPSA) is 76.1 Å². The van der Waals surface area contributed by atoms with E-state index in [4.69, 9.17) is 11.5 Å². The molecule has 6 N–H and O–H groups in total. The number of hydrogen-bond acceptors (Lipinski definition) is 4. The molecule has 12 heavy (non-hydrogen) atoms. The highest BCUT2D eigenvalue weighted by atomic mass is 15.3. The highest BCUT2D eigenvalue weighted by molar-refractivity contribution is 5.47. The van der Waals surface area contributed by atoms with Crippen molar-refractivity contribution in [1.29, 1.82) is 0 Å². The lowest BCUT2D eigenvalue weighted by molar-refractivity contribution is 0.689. The molecule has 0 aliphatic carbocycles. The maximum absolute atomic E-state index is 5.37. The standard InChI is InChI=1S/C6H8N2.C2H8N2/c7-5-1-2-6(8)4-3-5;1-3-4-2/h1-4H,7-8H2;3-4H,1-2H3. The fraction of sp³-hybridized carbons (Fsp3) is 0.250. The van der Waals surface area contributed by atoms with Gasteiger partial charge in [-0.1, -0.05) is 0 Å². The molecule has 0 unspecified atom stereocenters. The zero-order chi connectivity index (χ0) is 9.40. The summed E-state index contributed by atoms with van der Waals surface area (Å²) in [6, 6.07) is 7.09. The van der Waals surface area contributed by atoms with Gasteiger partial charge in [0, 0.05) is 11.4 Å². The predicted octanol–water partition coefficient (Wildman–Crippen LogP) is 0.191. The van der Waals surface area contributed by atoms with Gasteiger partial charge < -0.3 is 11.5 Å². The first-order valence-electron chi connectivity index (χ1n) is 3.65. The first-order chi connectivity index (χ1) is 5.70. The number of nitrogen functional groups attached to an aromatic ring is 2. The largest absolute Gasteiger partial charge is 0.399 e. The predicted molar refractivity (Wildman–Crippen MR) is 53.4 cm³/mol. The van der Waals surface area contributed by atoms with Gasteiger partial charge >= 0.3 is 0 Å². The molecule has 1 aromatic carbocycles. The molecule has 0 saturated heterocycles. The van der Waals surface area contributed by atoms with E-state index in [0.717, 1.165) is 11.4 Å². The fourth-order valence-corrected chi connectivity index (χ4v) is 0.496. The Morgan fingerprint density at radius 2 is 1.08 bits per heavy atom. The van der Waals surface area contributed by atoms with Crippen molar-refractivity contribution < 1.29 is 0 Å². The molecule has 0 spiro atoms. The summed E-state index contributed by atoms with van der Waals surface area (Å²) >= 11 is 0. The average Bonchev–Trinajstić information content (AvgIpc) is 2.11. The van der Waals surface area contributed by atoms with E-state index in [0.29, 0.717) is 0 Å². The van der Waals surface area contributed by atoms with E-state index in [2.05, 4.69) is 10.9 Å². The second-order valence-corrected chi connectivity index (χ2v) is 2.17. The number of hydrogen-bond donors (Lipinski definition) is 4. The van der Waals surface area contributed by atoms with E-state index in [1.165, 1.54) is 0 Å². The van der Waals surface area contributed by atoms with Crippen LogP contribution in [-0.2, 0) is 0 Å². The Bertz CT molecular complexity index is 172. The number of anilines is 2. The van der Waals surface area contributed by atoms with Crippen LogP contribution < -0.4 is 22.3 Å². The average molecular weight is 168 g/mol. The Hall–Kier alpha value is -1.26. The van der Waals surface area contributed by atoms with Gasteiger partial charge in [-0.2, -0.15) is 0 Å². The molecule has 1 rings (SSSR count). The summed E-state index contributed by atoms with van der Waals surface area (Å²) in [7, 11) is 3.64. The van der Waals surface area contributed by atoms with Crippen LogP contribution in [-0.4, -0.2) is 14.1 Å². The molecule has 4 nitrogen and oxygen atoms in total. The molecule has 0 heterocycles. The zero-order valence-electron chi connectivity index (χ0n) is 7.46. The molecule has 0 radical (unpaired) electrons. The number of benzene rings is 1. The molecule has 0 aromatic heterocycles. The minimum absolute atomic E-state index is 0.749. The van der Waals surface area contributed by atoms with Crippen LogP contribution in [0.2, 0.25) is 0 Å². The Labute approximate surface area is 72.9 Å². The van der Waals surface area contributed by atoms with E-state index >= 15 is 0 Å². The first kappa shape index (κ1) is 10.7. The Morgan fingerprint density at radius 1 is 0.833 bits per heavy atom. The lowest BCUT2D eigenvalue weighted by Crippen LogP contribution is -2.21. The zero-order valence-corrected chi connectivity index (χ0v) is 7.46. The first-order valence-corrected chi connectivity index (χ1v) is 3.65. The van der Waals surface area contributed by atoms with Crippen molar-refractivity contribution in [2.45, 2.75) is 0 Å². The van der Waals surface area contributed by atoms with Gasteiger partial charge in [0.25, 0.3) is 0 Å². The highest BCUT2D eigenvalue weighted by Crippen LogP contribution is 2.04. The molecule has 0 saturated carbocycles. The van der Waals surface area contributed by atoms with Gasteiger partial charge in [-0.15, -0.1) is 0 Å². The summed E-state index contributed by atoms with van der Waals surface area (Å²) in [5.74, 6) is 0. The number of nitrogens with two attached hydrogens (primary N) is 2. The van der Waals surface area contributed by atoms with Crippen LogP contribution in [0.15, 0.2) is 24.3 Å². The molecule has 0 aliphatic rings. The lowest BCUT2D eigenvalue weighted by Gasteiger charge is -1.90. The van der Waals surface area contributed by atoms with Gasteiger partial charge in [-0.05, 0) is 38.4 Å². The van der Waals surface area contributed by atoms with Crippen molar-refractivity contribution in [1.82, 2.24) is 10.9 Å². The van der Waals surface area contributed by atoms with E-state index in [-0.39, 0.29) is 0 Å². The third-order valence-corrected chi connectivity index (χ3v) is 1.19. The molecule has 0 fully saturated rings. The van der Waals surface area contributed by atoms with Crippen molar-refractivity contribution in [2.24, 2.45) is 0 Å². The second kappa shape index (κ2) is 6.45. The molecule has 0 atom stereocenters. The van der Waals surface area contributed by atoms with Gasteiger partial charge in [0.05, 0.1) is 0 Å². The van der Waals surface area contributed by atoms with E-state index in [1.54, 1.807) is 24.3 Å². The monoisotopic (exact) mass is 168 g/mol. The number of nitrogens with one attached hydrogen (secondary N) is 2. The van der Waals surface area contributed by atoms with Crippen LogP contribution in [0.5, 0.6) is 0 Å². The van der Waals surface area contributed by atoms with Crippen LogP contribution in [0.25, 0.3) is 0 Å². The Morgan fingerprint density at radius 3 is 1.25 bits per heavy atom. The van der Waals surface area contributed by atoms with E-state index in [9.17, 15) is 0 Å². The molecule has 0 bridgehead atoms. The van der Waals surface area contributed by atoms with Crippen molar-refractivity contribution >= 4 is 11.4 Å². The summed E-state index contributed by atoms with van der Waals surface area (Å²) < 4.78 is 0. The summed E-state index contributed by atoms with van der Waals surface area (Å²) in [6.07, 6.45) is 0. The third kappa shape index (κ3) is 5.52. The molecule has 4 heteroatoms. The minimum atomic E-state index is 0.749. The van der Waals surface area contributed by atoms with Gasteiger partial charge in [0.2, 0.25) is 0 Å².